The summed E-state index contributed by atoms with van der Waals surface area (Å²) in [5, 5.41) is 11.7. The van der Waals surface area contributed by atoms with Gasteiger partial charge in [0.05, 0.1) is 12.5 Å². The highest BCUT2D eigenvalue weighted by atomic mass is 15.2. The molecule has 1 aromatic carbocycles. The predicted octanol–water partition coefficient (Wildman–Crippen LogP) is 2.88. The van der Waals surface area contributed by atoms with Crippen LogP contribution in [0.5, 0.6) is 0 Å². The fourth-order valence-electron chi connectivity index (χ4n) is 1.84. The zero-order valence-electron chi connectivity index (χ0n) is 11.7. The number of rotatable bonds is 5. The van der Waals surface area contributed by atoms with Crippen molar-refractivity contribution in [2.75, 3.05) is 23.8 Å². The minimum absolute atomic E-state index is 0.451. The van der Waals surface area contributed by atoms with E-state index in [1.807, 2.05) is 55.3 Å². The Balaban J connectivity index is 2.21. The summed E-state index contributed by atoms with van der Waals surface area (Å²) in [5.74, 6) is 2.26. The Labute approximate surface area is 118 Å². The van der Waals surface area contributed by atoms with Crippen molar-refractivity contribution in [3.05, 3.63) is 42.2 Å². The summed E-state index contributed by atoms with van der Waals surface area (Å²) in [6.07, 6.45) is 0.451. The molecule has 5 heteroatoms. The van der Waals surface area contributed by atoms with Crippen molar-refractivity contribution in [2.24, 2.45) is 0 Å². The van der Waals surface area contributed by atoms with Crippen LogP contribution in [0.4, 0.5) is 17.3 Å². The lowest BCUT2D eigenvalue weighted by atomic mass is 10.3. The van der Waals surface area contributed by atoms with Gasteiger partial charge in [-0.05, 0) is 19.1 Å². The van der Waals surface area contributed by atoms with Gasteiger partial charge in [-0.2, -0.15) is 5.26 Å². The Hall–Kier alpha value is -2.61. The van der Waals surface area contributed by atoms with Crippen molar-refractivity contribution in [2.45, 2.75) is 13.3 Å². The molecule has 0 fully saturated rings. The minimum atomic E-state index is 0.451. The molecule has 0 aliphatic rings. The summed E-state index contributed by atoms with van der Waals surface area (Å²) in [5.41, 5.74) is 1.06. The molecule has 0 unspecified atom stereocenters. The fourth-order valence-corrected chi connectivity index (χ4v) is 1.84. The number of benzene rings is 1. The zero-order chi connectivity index (χ0) is 14.4. The van der Waals surface area contributed by atoms with E-state index in [-0.39, 0.29) is 0 Å². The van der Waals surface area contributed by atoms with Gasteiger partial charge in [0, 0.05) is 25.3 Å². The van der Waals surface area contributed by atoms with Crippen LogP contribution in [0.3, 0.4) is 0 Å². The van der Waals surface area contributed by atoms with E-state index < -0.39 is 0 Å². The van der Waals surface area contributed by atoms with Gasteiger partial charge in [-0.3, -0.25) is 0 Å². The maximum Gasteiger partial charge on any atom is 0.138 e. The third-order valence-corrected chi connectivity index (χ3v) is 2.85. The molecule has 1 heterocycles. The van der Waals surface area contributed by atoms with E-state index in [0.29, 0.717) is 18.8 Å². The molecule has 0 aliphatic carbocycles. The number of nitrogens with zero attached hydrogens (tertiary/aromatic N) is 4. The van der Waals surface area contributed by atoms with Crippen molar-refractivity contribution in [3.8, 4) is 6.07 Å². The summed E-state index contributed by atoms with van der Waals surface area (Å²) in [6.45, 7) is 2.44. The smallest absolute Gasteiger partial charge is 0.138 e. The predicted molar refractivity (Wildman–Crippen MR) is 80.0 cm³/mol. The van der Waals surface area contributed by atoms with E-state index >= 15 is 0 Å². The second kappa shape index (κ2) is 6.53. The fraction of sp³-hybridized carbons (Fsp3) is 0.267. The SMILES string of the molecule is Cc1nc(NCCC#N)cc(N(C)c2ccccc2)n1. The Kier molecular flexibility index (Phi) is 4.51. The van der Waals surface area contributed by atoms with Crippen LogP contribution in [0.15, 0.2) is 36.4 Å². The Bertz CT molecular complexity index is 603. The van der Waals surface area contributed by atoms with E-state index in [9.17, 15) is 0 Å². The van der Waals surface area contributed by atoms with Crippen molar-refractivity contribution in [1.29, 1.82) is 5.26 Å². The lowest BCUT2D eigenvalue weighted by Gasteiger charge is -2.19. The molecule has 2 aromatic rings. The first-order valence-corrected chi connectivity index (χ1v) is 6.46. The number of nitrogens with one attached hydrogen (secondary N) is 1. The molecule has 0 saturated heterocycles. The minimum Gasteiger partial charge on any atom is -0.369 e. The summed E-state index contributed by atoms with van der Waals surface area (Å²) >= 11 is 0. The summed E-state index contributed by atoms with van der Waals surface area (Å²) in [7, 11) is 1.97. The average molecular weight is 267 g/mol. The van der Waals surface area contributed by atoms with Crippen molar-refractivity contribution < 1.29 is 0 Å². The summed E-state index contributed by atoms with van der Waals surface area (Å²) in [6, 6.07) is 14.0. The van der Waals surface area contributed by atoms with Gasteiger partial charge in [0.2, 0.25) is 0 Å². The van der Waals surface area contributed by atoms with Crippen LogP contribution in [-0.2, 0) is 0 Å². The highest BCUT2D eigenvalue weighted by Gasteiger charge is 2.08. The van der Waals surface area contributed by atoms with Crippen molar-refractivity contribution in [1.82, 2.24) is 9.97 Å². The van der Waals surface area contributed by atoms with Gasteiger partial charge in [0.1, 0.15) is 17.5 Å². The molecule has 0 spiro atoms. The molecule has 1 aromatic heterocycles. The van der Waals surface area contributed by atoms with Gasteiger partial charge in [-0.25, -0.2) is 9.97 Å². The van der Waals surface area contributed by atoms with Crippen LogP contribution in [0.2, 0.25) is 0 Å². The van der Waals surface area contributed by atoms with E-state index in [4.69, 9.17) is 5.26 Å². The Morgan fingerprint density at radius 2 is 2.00 bits per heavy atom. The second-order valence-electron chi connectivity index (χ2n) is 4.39. The molecule has 0 bridgehead atoms. The van der Waals surface area contributed by atoms with Gasteiger partial charge in [-0.1, -0.05) is 18.2 Å². The number of aromatic nitrogens is 2. The highest BCUT2D eigenvalue weighted by Crippen LogP contribution is 2.23. The summed E-state index contributed by atoms with van der Waals surface area (Å²) < 4.78 is 0. The third kappa shape index (κ3) is 3.45. The van der Waals surface area contributed by atoms with Gasteiger partial charge in [-0.15, -0.1) is 0 Å². The molecule has 0 radical (unpaired) electrons. The van der Waals surface area contributed by atoms with Crippen LogP contribution in [0, 0.1) is 18.3 Å². The third-order valence-electron chi connectivity index (χ3n) is 2.85. The van der Waals surface area contributed by atoms with Gasteiger partial charge < -0.3 is 10.2 Å². The molecule has 5 nitrogen and oxygen atoms in total. The molecular formula is C15H17N5. The topological polar surface area (TPSA) is 64.8 Å². The van der Waals surface area contributed by atoms with E-state index in [2.05, 4.69) is 21.4 Å². The lowest BCUT2D eigenvalue weighted by Crippen LogP contribution is -2.13. The number of hydrogen-bond acceptors (Lipinski definition) is 5. The number of aryl methyl sites for hydroxylation is 1. The molecule has 0 saturated carbocycles. The van der Waals surface area contributed by atoms with Crippen LogP contribution in [-0.4, -0.2) is 23.6 Å². The average Bonchev–Trinajstić information content (AvgIpc) is 2.47. The number of para-hydroxylation sites is 1. The van der Waals surface area contributed by atoms with Gasteiger partial charge in [0.25, 0.3) is 0 Å². The molecule has 0 atom stereocenters. The maximum absolute atomic E-state index is 8.56. The molecule has 20 heavy (non-hydrogen) atoms. The summed E-state index contributed by atoms with van der Waals surface area (Å²) in [4.78, 5) is 10.8. The van der Waals surface area contributed by atoms with Gasteiger partial charge in [0.15, 0.2) is 0 Å². The van der Waals surface area contributed by atoms with Crippen molar-refractivity contribution in [3.63, 3.8) is 0 Å². The van der Waals surface area contributed by atoms with E-state index in [1.165, 1.54) is 0 Å². The normalized spacial score (nSPS) is 9.85. The largest absolute Gasteiger partial charge is 0.369 e. The monoisotopic (exact) mass is 267 g/mol. The molecular weight excluding hydrogens is 250 g/mol. The van der Waals surface area contributed by atoms with Crippen molar-refractivity contribution >= 4 is 17.3 Å². The molecule has 0 amide bonds. The number of nitriles is 1. The van der Waals surface area contributed by atoms with Crippen LogP contribution in [0.1, 0.15) is 12.2 Å². The van der Waals surface area contributed by atoms with Crippen LogP contribution < -0.4 is 10.2 Å². The standard InChI is InChI=1S/C15H17N5/c1-12-18-14(17-10-6-9-16)11-15(19-12)20(2)13-7-4-3-5-8-13/h3-5,7-8,11H,6,10H2,1-2H3,(H,17,18,19). The highest BCUT2D eigenvalue weighted by molar-refractivity contribution is 5.61. The first-order chi connectivity index (χ1) is 9.70. The van der Waals surface area contributed by atoms with Gasteiger partial charge >= 0.3 is 0 Å². The molecule has 102 valence electrons. The van der Waals surface area contributed by atoms with Crippen LogP contribution >= 0.6 is 0 Å². The van der Waals surface area contributed by atoms with Crippen LogP contribution in [0.25, 0.3) is 0 Å². The lowest BCUT2D eigenvalue weighted by molar-refractivity contribution is 0.987. The quantitative estimate of drug-likeness (QED) is 0.844. The number of anilines is 3. The first kappa shape index (κ1) is 13.8. The van der Waals surface area contributed by atoms with E-state index in [1.54, 1.807) is 0 Å². The zero-order valence-corrected chi connectivity index (χ0v) is 11.7. The Morgan fingerprint density at radius 1 is 1.25 bits per heavy atom. The number of hydrogen-bond donors (Lipinski definition) is 1. The maximum atomic E-state index is 8.56. The Morgan fingerprint density at radius 3 is 2.70 bits per heavy atom. The second-order valence-corrected chi connectivity index (χ2v) is 4.39. The molecule has 1 N–H and O–H groups in total. The van der Waals surface area contributed by atoms with E-state index in [0.717, 1.165) is 17.3 Å². The first-order valence-electron chi connectivity index (χ1n) is 6.46. The molecule has 2 rings (SSSR count). The molecule has 0 aliphatic heterocycles.